The highest BCUT2D eigenvalue weighted by Gasteiger charge is 2.41. The fourth-order valence-corrected chi connectivity index (χ4v) is 8.32. The summed E-state index contributed by atoms with van der Waals surface area (Å²) in [6, 6.07) is 7.73. The SMILES string of the molecule is CCCCCNC(=O)N1CCN(S(=O)(=O)c2cccs2)[C@H](C(=O)Nc2ccc3c(c2)c2c(n3CC)CCC=C2)C1. The van der Waals surface area contributed by atoms with Crippen molar-refractivity contribution in [3.8, 4) is 0 Å². The van der Waals surface area contributed by atoms with Crippen LogP contribution in [-0.2, 0) is 27.8 Å². The first-order valence-electron chi connectivity index (χ1n) is 14.1. The number of carbonyl (C=O) groups is 2. The largest absolute Gasteiger partial charge is 0.344 e. The van der Waals surface area contributed by atoms with Gasteiger partial charge in [0.05, 0.1) is 0 Å². The van der Waals surface area contributed by atoms with E-state index in [1.165, 1.54) is 15.6 Å². The number of nitrogens with zero attached hydrogens (tertiary/aromatic N) is 3. The molecule has 214 valence electrons. The fraction of sp³-hybridized carbons (Fsp3) is 0.448. The molecule has 40 heavy (non-hydrogen) atoms. The maximum absolute atomic E-state index is 13.8. The lowest BCUT2D eigenvalue weighted by Gasteiger charge is -2.39. The predicted molar refractivity (Wildman–Crippen MR) is 160 cm³/mol. The number of fused-ring (bicyclic) bond motifs is 3. The van der Waals surface area contributed by atoms with Crippen LogP contribution >= 0.6 is 11.3 Å². The number of piperazine rings is 1. The highest BCUT2D eigenvalue weighted by atomic mass is 32.2. The summed E-state index contributed by atoms with van der Waals surface area (Å²) in [5.41, 5.74) is 4.18. The maximum atomic E-state index is 13.8. The van der Waals surface area contributed by atoms with E-state index in [4.69, 9.17) is 0 Å². The quantitative estimate of drug-likeness (QED) is 0.350. The second-order valence-electron chi connectivity index (χ2n) is 10.2. The van der Waals surface area contributed by atoms with Crippen molar-refractivity contribution >= 4 is 56.0 Å². The topological polar surface area (TPSA) is 104 Å². The van der Waals surface area contributed by atoms with Gasteiger partial charge in [0, 0.05) is 60.6 Å². The molecule has 2 N–H and O–H groups in total. The van der Waals surface area contributed by atoms with Crippen molar-refractivity contribution in [1.29, 1.82) is 0 Å². The van der Waals surface area contributed by atoms with E-state index in [2.05, 4.69) is 41.2 Å². The molecule has 0 spiro atoms. The third-order valence-electron chi connectivity index (χ3n) is 7.67. The van der Waals surface area contributed by atoms with Crippen LogP contribution in [0.2, 0.25) is 0 Å². The van der Waals surface area contributed by atoms with Gasteiger partial charge in [0.15, 0.2) is 0 Å². The van der Waals surface area contributed by atoms with Gasteiger partial charge in [0.1, 0.15) is 10.3 Å². The normalized spacial score (nSPS) is 17.6. The average Bonchev–Trinajstić information content (AvgIpc) is 3.62. The van der Waals surface area contributed by atoms with Crippen molar-refractivity contribution in [2.24, 2.45) is 0 Å². The first-order valence-corrected chi connectivity index (χ1v) is 16.4. The molecule has 3 heterocycles. The van der Waals surface area contributed by atoms with Crippen molar-refractivity contribution in [2.45, 2.75) is 62.7 Å². The standard InChI is InChI=1S/C29H37N5O4S2/c1-3-5-8-15-30-29(36)32-16-17-34(40(37,38)27-12-9-18-39-27)26(20-32)28(35)31-21-13-14-25-23(19-21)22-10-6-7-11-24(22)33(25)4-2/h6,9-10,12-14,18-19,26H,3-5,7-8,11,15-17,20H2,1-2H3,(H,30,36)(H,31,35)/t26-/m0/s1. The summed E-state index contributed by atoms with van der Waals surface area (Å²) in [6.07, 6.45) is 9.24. The Labute approximate surface area is 239 Å². The van der Waals surface area contributed by atoms with Gasteiger partial charge in [-0.25, -0.2) is 13.2 Å². The zero-order chi connectivity index (χ0) is 28.3. The minimum absolute atomic E-state index is 0.0252. The van der Waals surface area contributed by atoms with Gasteiger partial charge in [0.2, 0.25) is 5.91 Å². The van der Waals surface area contributed by atoms with Crippen LogP contribution in [0.4, 0.5) is 10.5 Å². The Morgan fingerprint density at radius 3 is 2.73 bits per heavy atom. The lowest BCUT2D eigenvalue weighted by molar-refractivity contribution is -0.121. The number of rotatable bonds is 9. The molecule has 5 rings (SSSR count). The molecule has 1 saturated heterocycles. The lowest BCUT2D eigenvalue weighted by Crippen LogP contribution is -2.61. The van der Waals surface area contributed by atoms with Gasteiger partial charge in [-0.05, 0) is 55.8 Å². The van der Waals surface area contributed by atoms with Crippen LogP contribution in [0, 0.1) is 0 Å². The number of thiophene rings is 1. The second-order valence-corrected chi connectivity index (χ2v) is 13.3. The predicted octanol–water partition coefficient (Wildman–Crippen LogP) is 4.90. The first-order chi connectivity index (χ1) is 19.3. The Kier molecular flexibility index (Phi) is 8.62. The van der Waals surface area contributed by atoms with E-state index in [1.54, 1.807) is 22.4 Å². The van der Waals surface area contributed by atoms with Gasteiger partial charge in [0.25, 0.3) is 10.0 Å². The van der Waals surface area contributed by atoms with Crippen molar-refractivity contribution in [2.75, 3.05) is 31.5 Å². The average molecular weight is 584 g/mol. The molecule has 0 bridgehead atoms. The number of hydrogen-bond acceptors (Lipinski definition) is 5. The van der Waals surface area contributed by atoms with Crippen LogP contribution < -0.4 is 10.6 Å². The third-order valence-corrected chi connectivity index (χ3v) is 10.9. The summed E-state index contributed by atoms with van der Waals surface area (Å²) in [5, 5.41) is 8.65. The number of urea groups is 1. The molecular formula is C29H37N5O4S2. The number of benzene rings is 1. The summed E-state index contributed by atoms with van der Waals surface area (Å²) >= 11 is 1.12. The van der Waals surface area contributed by atoms with Crippen LogP contribution in [-0.4, -0.2) is 66.3 Å². The molecule has 2 aliphatic rings. The first kappa shape index (κ1) is 28.4. The fourth-order valence-electron chi connectivity index (χ4n) is 5.63. The molecule has 1 aliphatic heterocycles. The molecule has 9 nitrogen and oxygen atoms in total. The molecule has 0 unspecified atom stereocenters. The summed E-state index contributed by atoms with van der Waals surface area (Å²) in [5.74, 6) is -0.456. The monoisotopic (exact) mass is 583 g/mol. The number of carbonyl (C=O) groups excluding carboxylic acids is 2. The molecule has 3 aromatic rings. The number of aromatic nitrogens is 1. The molecule has 0 radical (unpaired) electrons. The third kappa shape index (κ3) is 5.55. The molecule has 1 atom stereocenters. The van der Waals surface area contributed by atoms with E-state index >= 15 is 0 Å². The van der Waals surface area contributed by atoms with Crippen molar-refractivity contribution in [1.82, 2.24) is 19.1 Å². The number of allylic oxidation sites excluding steroid dienone is 1. The van der Waals surface area contributed by atoms with E-state index < -0.39 is 22.0 Å². The van der Waals surface area contributed by atoms with Crippen LogP contribution in [0.5, 0.6) is 0 Å². The Balaban J connectivity index is 1.41. The molecule has 11 heteroatoms. The Morgan fingerprint density at radius 1 is 1.12 bits per heavy atom. The highest BCUT2D eigenvalue weighted by molar-refractivity contribution is 7.91. The summed E-state index contributed by atoms with van der Waals surface area (Å²) in [6.45, 7) is 5.86. The molecule has 0 saturated carbocycles. The molecular weight excluding hydrogens is 546 g/mol. The maximum Gasteiger partial charge on any atom is 0.317 e. The van der Waals surface area contributed by atoms with Crippen molar-refractivity contribution in [3.05, 3.63) is 53.0 Å². The number of sulfonamides is 1. The van der Waals surface area contributed by atoms with Crippen LogP contribution in [0.3, 0.4) is 0 Å². The van der Waals surface area contributed by atoms with Crippen LogP contribution in [0.15, 0.2) is 46.0 Å². The highest BCUT2D eigenvalue weighted by Crippen LogP contribution is 2.33. The molecule has 1 aromatic carbocycles. The van der Waals surface area contributed by atoms with Crippen LogP contribution in [0.1, 0.15) is 50.8 Å². The minimum Gasteiger partial charge on any atom is -0.344 e. The number of aryl methyl sites for hydroxylation is 1. The number of amides is 3. The number of nitrogens with one attached hydrogen (secondary N) is 2. The van der Waals surface area contributed by atoms with Crippen molar-refractivity contribution < 1.29 is 18.0 Å². The Hall–Kier alpha value is -3.15. The van der Waals surface area contributed by atoms with Crippen molar-refractivity contribution in [3.63, 3.8) is 0 Å². The smallest absolute Gasteiger partial charge is 0.317 e. The van der Waals surface area contributed by atoms with E-state index in [-0.39, 0.29) is 29.9 Å². The zero-order valence-electron chi connectivity index (χ0n) is 23.1. The van der Waals surface area contributed by atoms with Crippen LogP contribution in [0.25, 0.3) is 17.0 Å². The summed E-state index contributed by atoms with van der Waals surface area (Å²) < 4.78 is 30.8. The molecule has 1 fully saturated rings. The Morgan fingerprint density at radius 2 is 1.98 bits per heavy atom. The number of unbranched alkanes of at least 4 members (excludes halogenated alkanes) is 2. The van der Waals surface area contributed by atoms with Gasteiger partial charge in [-0.15, -0.1) is 11.3 Å². The van der Waals surface area contributed by atoms with Gasteiger partial charge in [-0.3, -0.25) is 4.79 Å². The molecule has 2 aromatic heterocycles. The zero-order valence-corrected chi connectivity index (χ0v) is 24.7. The second kappa shape index (κ2) is 12.2. The summed E-state index contributed by atoms with van der Waals surface area (Å²) in [7, 11) is -3.91. The van der Waals surface area contributed by atoms with E-state index in [9.17, 15) is 18.0 Å². The van der Waals surface area contributed by atoms with Gasteiger partial charge in [-0.2, -0.15) is 4.31 Å². The van der Waals surface area contributed by atoms with E-state index in [1.807, 2.05) is 18.2 Å². The van der Waals surface area contributed by atoms with Gasteiger partial charge in [-0.1, -0.05) is 38.0 Å². The number of anilines is 1. The molecule has 1 aliphatic carbocycles. The number of hydrogen-bond donors (Lipinski definition) is 2. The molecule has 3 amide bonds. The van der Waals surface area contributed by atoms with E-state index in [0.717, 1.165) is 60.9 Å². The summed E-state index contributed by atoms with van der Waals surface area (Å²) in [4.78, 5) is 28.2. The Bertz CT molecular complexity index is 1510. The van der Waals surface area contributed by atoms with E-state index in [0.29, 0.717) is 12.2 Å². The van der Waals surface area contributed by atoms with Gasteiger partial charge < -0.3 is 20.1 Å². The lowest BCUT2D eigenvalue weighted by atomic mass is 10.0. The minimum atomic E-state index is -3.91. The van der Waals surface area contributed by atoms with Gasteiger partial charge >= 0.3 is 6.03 Å².